The minimum atomic E-state index is -0.180. The first-order valence-electron chi connectivity index (χ1n) is 10.5. The second-order valence-corrected chi connectivity index (χ2v) is 9.96. The Morgan fingerprint density at radius 2 is 1.85 bits per heavy atom. The lowest BCUT2D eigenvalue weighted by Crippen LogP contribution is -2.55. The van der Waals surface area contributed by atoms with E-state index in [1.54, 1.807) is 6.92 Å². The summed E-state index contributed by atoms with van der Waals surface area (Å²) in [5.74, 6) is 1.36. The van der Waals surface area contributed by atoms with Crippen molar-refractivity contribution < 1.29 is 19.1 Å². The standard InChI is InChI=1S/C23H32O4/c1-13(24)17-5-6-18-20-16(21(26)27-4)12-14-11-15(25)7-9-22(14,2)19(20)8-10-23(17,18)3/h11,16-20H,5-10,12H2,1-4H3/t16-,17-,18+,19+,20+,22+,23-/m1/s1. The van der Waals surface area contributed by atoms with Gasteiger partial charge in [0.25, 0.3) is 0 Å². The SMILES string of the molecule is COC(=O)[C@@H]1CC2=CC(=O)CC[C@]2(C)[C@H]2CC[C@]3(C)[C@@H](C(C)=O)CC[C@H]3[C@H]12. The molecule has 3 saturated carbocycles. The molecule has 4 heteroatoms. The maximum atomic E-state index is 12.8. The molecule has 0 spiro atoms. The number of fused-ring (bicyclic) bond motifs is 5. The van der Waals surface area contributed by atoms with Crippen molar-refractivity contribution in [1.82, 2.24) is 0 Å². The molecular formula is C23H32O4. The van der Waals surface area contributed by atoms with E-state index in [0.29, 0.717) is 30.5 Å². The topological polar surface area (TPSA) is 60.4 Å². The molecule has 0 unspecified atom stereocenters. The molecule has 0 amide bonds. The van der Waals surface area contributed by atoms with Crippen LogP contribution in [0.5, 0.6) is 0 Å². The molecule has 4 aliphatic carbocycles. The third-order valence-corrected chi connectivity index (χ3v) is 9.01. The molecule has 0 saturated heterocycles. The lowest BCUT2D eigenvalue weighted by Gasteiger charge is -2.59. The number of hydrogen-bond donors (Lipinski definition) is 0. The second-order valence-electron chi connectivity index (χ2n) is 9.96. The molecule has 4 rings (SSSR count). The van der Waals surface area contributed by atoms with Crippen LogP contribution in [0.3, 0.4) is 0 Å². The molecule has 0 aromatic heterocycles. The fourth-order valence-electron chi connectivity index (χ4n) is 7.62. The molecule has 0 radical (unpaired) electrons. The second kappa shape index (κ2) is 6.28. The Balaban J connectivity index is 1.78. The zero-order chi connectivity index (χ0) is 19.6. The number of carbonyl (C=O) groups is 3. The normalized spacial score (nSPS) is 46.0. The molecule has 0 N–H and O–H groups in total. The average molecular weight is 373 g/mol. The number of Topliss-reactive ketones (excluding diaryl/α,β-unsaturated/α-hetero) is 1. The molecule has 7 atom stereocenters. The van der Waals surface area contributed by atoms with Crippen molar-refractivity contribution in [3.8, 4) is 0 Å². The van der Waals surface area contributed by atoms with Crippen LogP contribution in [-0.2, 0) is 19.1 Å². The summed E-state index contributed by atoms with van der Waals surface area (Å²) in [5.41, 5.74) is 1.18. The predicted molar refractivity (Wildman–Crippen MR) is 102 cm³/mol. The van der Waals surface area contributed by atoms with Gasteiger partial charge >= 0.3 is 5.97 Å². The van der Waals surface area contributed by atoms with E-state index in [9.17, 15) is 14.4 Å². The van der Waals surface area contributed by atoms with Crippen LogP contribution in [0.1, 0.15) is 65.7 Å². The summed E-state index contributed by atoms with van der Waals surface area (Å²) in [5, 5.41) is 0. The Kier molecular flexibility index (Phi) is 4.40. The highest BCUT2D eigenvalue weighted by atomic mass is 16.5. The van der Waals surface area contributed by atoms with Crippen LogP contribution < -0.4 is 0 Å². The zero-order valence-electron chi connectivity index (χ0n) is 17.0. The zero-order valence-corrected chi connectivity index (χ0v) is 17.0. The van der Waals surface area contributed by atoms with Crippen LogP contribution in [0.4, 0.5) is 0 Å². The van der Waals surface area contributed by atoms with Crippen molar-refractivity contribution in [2.75, 3.05) is 7.11 Å². The van der Waals surface area contributed by atoms with Crippen LogP contribution in [-0.4, -0.2) is 24.6 Å². The molecule has 0 bridgehead atoms. The number of carbonyl (C=O) groups excluding carboxylic acids is 3. The number of allylic oxidation sites excluding steroid dienone is 1. The van der Waals surface area contributed by atoms with Gasteiger partial charge in [0, 0.05) is 12.3 Å². The van der Waals surface area contributed by atoms with Gasteiger partial charge < -0.3 is 4.74 Å². The monoisotopic (exact) mass is 372 g/mol. The Labute approximate surface area is 162 Å². The van der Waals surface area contributed by atoms with Crippen LogP contribution >= 0.6 is 0 Å². The van der Waals surface area contributed by atoms with E-state index in [2.05, 4.69) is 13.8 Å². The van der Waals surface area contributed by atoms with Gasteiger partial charge in [-0.1, -0.05) is 19.4 Å². The van der Waals surface area contributed by atoms with Gasteiger partial charge in [0.2, 0.25) is 0 Å². The van der Waals surface area contributed by atoms with Crippen LogP contribution in [0.25, 0.3) is 0 Å². The molecule has 3 fully saturated rings. The summed E-state index contributed by atoms with van der Waals surface area (Å²) >= 11 is 0. The van der Waals surface area contributed by atoms with Crippen molar-refractivity contribution in [2.45, 2.75) is 65.7 Å². The summed E-state index contributed by atoms with van der Waals surface area (Å²) in [6.45, 7) is 6.34. The fourth-order valence-corrected chi connectivity index (χ4v) is 7.62. The predicted octanol–water partition coefficient (Wildman–Crippen LogP) is 4.12. The Morgan fingerprint density at radius 1 is 1.11 bits per heavy atom. The summed E-state index contributed by atoms with van der Waals surface area (Å²) in [7, 11) is 1.47. The van der Waals surface area contributed by atoms with Gasteiger partial charge in [0.1, 0.15) is 5.78 Å². The van der Waals surface area contributed by atoms with Crippen molar-refractivity contribution >= 4 is 17.5 Å². The van der Waals surface area contributed by atoms with Crippen molar-refractivity contribution in [2.24, 2.45) is 40.4 Å². The number of rotatable bonds is 2. The summed E-state index contributed by atoms with van der Waals surface area (Å²) in [6, 6.07) is 0. The van der Waals surface area contributed by atoms with E-state index in [4.69, 9.17) is 4.74 Å². The fraction of sp³-hybridized carbons (Fsp3) is 0.783. The molecule has 4 aliphatic rings. The van der Waals surface area contributed by atoms with E-state index in [1.807, 2.05) is 6.08 Å². The molecule has 0 aliphatic heterocycles. The van der Waals surface area contributed by atoms with Gasteiger partial charge in [-0.05, 0) is 80.1 Å². The van der Waals surface area contributed by atoms with Crippen molar-refractivity contribution in [1.29, 1.82) is 0 Å². The average Bonchev–Trinajstić information content (AvgIpc) is 2.98. The van der Waals surface area contributed by atoms with Crippen LogP contribution in [0.15, 0.2) is 11.6 Å². The highest BCUT2D eigenvalue weighted by molar-refractivity contribution is 5.92. The van der Waals surface area contributed by atoms with Gasteiger partial charge in [-0.25, -0.2) is 0 Å². The van der Waals surface area contributed by atoms with Gasteiger partial charge in [-0.15, -0.1) is 0 Å². The number of hydrogen-bond acceptors (Lipinski definition) is 4. The first kappa shape index (κ1) is 18.9. The lowest BCUT2D eigenvalue weighted by molar-refractivity contribution is -0.159. The molecule has 4 nitrogen and oxygen atoms in total. The molecule has 27 heavy (non-hydrogen) atoms. The van der Waals surface area contributed by atoms with E-state index < -0.39 is 0 Å². The van der Waals surface area contributed by atoms with Gasteiger partial charge in [0.05, 0.1) is 13.0 Å². The Hall–Kier alpha value is -1.45. The largest absolute Gasteiger partial charge is 0.469 e. The van der Waals surface area contributed by atoms with Gasteiger partial charge in [0.15, 0.2) is 5.78 Å². The number of ether oxygens (including phenoxy) is 1. The molecular weight excluding hydrogens is 340 g/mol. The van der Waals surface area contributed by atoms with E-state index >= 15 is 0 Å². The van der Waals surface area contributed by atoms with Crippen LogP contribution in [0, 0.1) is 40.4 Å². The van der Waals surface area contributed by atoms with Gasteiger partial charge in [-0.3, -0.25) is 14.4 Å². The summed E-state index contributed by atoms with van der Waals surface area (Å²) < 4.78 is 5.22. The highest BCUT2D eigenvalue weighted by Crippen LogP contribution is 2.68. The quantitative estimate of drug-likeness (QED) is 0.684. The lowest BCUT2D eigenvalue weighted by atomic mass is 9.44. The smallest absolute Gasteiger partial charge is 0.309 e. The Bertz CT molecular complexity index is 722. The Morgan fingerprint density at radius 3 is 2.52 bits per heavy atom. The highest BCUT2D eigenvalue weighted by Gasteiger charge is 2.63. The van der Waals surface area contributed by atoms with Crippen molar-refractivity contribution in [3.63, 3.8) is 0 Å². The minimum Gasteiger partial charge on any atom is -0.469 e. The number of ketones is 2. The number of esters is 1. The summed E-state index contributed by atoms with van der Waals surface area (Å²) in [6.07, 6.45) is 8.06. The maximum Gasteiger partial charge on any atom is 0.309 e. The third-order valence-electron chi connectivity index (χ3n) is 9.01. The van der Waals surface area contributed by atoms with E-state index in [1.165, 1.54) is 12.7 Å². The maximum absolute atomic E-state index is 12.8. The first-order chi connectivity index (χ1) is 12.7. The van der Waals surface area contributed by atoms with E-state index in [0.717, 1.165) is 32.1 Å². The van der Waals surface area contributed by atoms with Gasteiger partial charge in [-0.2, -0.15) is 0 Å². The van der Waals surface area contributed by atoms with Crippen molar-refractivity contribution in [3.05, 3.63) is 11.6 Å². The molecule has 148 valence electrons. The number of methoxy groups -OCH3 is 1. The summed E-state index contributed by atoms with van der Waals surface area (Å²) in [4.78, 5) is 37.2. The molecule has 0 aromatic rings. The molecule has 0 aromatic carbocycles. The first-order valence-corrected chi connectivity index (χ1v) is 10.5. The minimum absolute atomic E-state index is 0.00132. The third kappa shape index (κ3) is 2.58. The van der Waals surface area contributed by atoms with E-state index in [-0.39, 0.29) is 40.3 Å². The molecule has 0 heterocycles. The van der Waals surface area contributed by atoms with Crippen LogP contribution in [0.2, 0.25) is 0 Å².